The van der Waals surface area contributed by atoms with Crippen LogP contribution in [0.4, 0.5) is 0 Å². The fourth-order valence-electron chi connectivity index (χ4n) is 3.73. The summed E-state index contributed by atoms with van der Waals surface area (Å²) < 4.78 is 6.79. The molecule has 0 bridgehead atoms. The third-order valence-electron chi connectivity index (χ3n) is 5.70. The molecule has 0 spiro atoms. The van der Waals surface area contributed by atoms with E-state index in [1.165, 1.54) is 17.5 Å². The van der Waals surface area contributed by atoms with Crippen molar-refractivity contribution in [3.63, 3.8) is 0 Å². The van der Waals surface area contributed by atoms with E-state index in [1.54, 1.807) is 0 Å². The number of carbonyl (C=O) groups is 1. The number of nitrogens with one attached hydrogen (secondary N) is 1. The van der Waals surface area contributed by atoms with Crippen LogP contribution >= 0.6 is 15.9 Å². The van der Waals surface area contributed by atoms with Crippen molar-refractivity contribution in [3.8, 4) is 11.5 Å². The lowest BCUT2D eigenvalue weighted by molar-refractivity contribution is -0.121. The van der Waals surface area contributed by atoms with E-state index in [2.05, 4.69) is 49.6 Å². The van der Waals surface area contributed by atoms with E-state index in [4.69, 9.17) is 4.42 Å². The summed E-state index contributed by atoms with van der Waals surface area (Å²) in [5, 5.41) is 11.3. The highest BCUT2D eigenvalue weighted by atomic mass is 79.9. The van der Waals surface area contributed by atoms with Gasteiger partial charge in [-0.2, -0.15) is 0 Å². The zero-order valence-electron chi connectivity index (χ0n) is 16.5. The molecule has 1 aliphatic carbocycles. The lowest BCUT2D eigenvalue weighted by atomic mass is 9.64. The Morgan fingerprint density at radius 2 is 1.97 bits per heavy atom. The van der Waals surface area contributed by atoms with E-state index in [0.29, 0.717) is 31.2 Å². The van der Waals surface area contributed by atoms with Crippen molar-refractivity contribution >= 4 is 21.8 Å². The van der Waals surface area contributed by atoms with Gasteiger partial charge in [0.15, 0.2) is 0 Å². The average molecular weight is 454 g/mol. The van der Waals surface area contributed by atoms with E-state index in [-0.39, 0.29) is 11.3 Å². The Morgan fingerprint density at radius 3 is 2.66 bits per heavy atom. The van der Waals surface area contributed by atoms with Gasteiger partial charge < -0.3 is 9.73 Å². The molecular formula is C23H24BrN3O2. The number of nitrogens with zero attached hydrogens (tertiary/aromatic N) is 2. The highest BCUT2D eigenvalue weighted by molar-refractivity contribution is 9.10. The maximum absolute atomic E-state index is 12.4. The summed E-state index contributed by atoms with van der Waals surface area (Å²) in [6.45, 7) is 2.70. The van der Waals surface area contributed by atoms with Gasteiger partial charge in [0.2, 0.25) is 17.7 Å². The van der Waals surface area contributed by atoms with Crippen molar-refractivity contribution in [2.24, 2.45) is 0 Å². The van der Waals surface area contributed by atoms with Gasteiger partial charge in [-0.05, 0) is 49.6 Å². The average Bonchev–Trinajstić information content (AvgIpc) is 3.15. The van der Waals surface area contributed by atoms with Crippen LogP contribution in [-0.2, 0) is 16.6 Å². The maximum Gasteiger partial charge on any atom is 0.247 e. The van der Waals surface area contributed by atoms with E-state index >= 15 is 0 Å². The molecule has 0 aliphatic heterocycles. The van der Waals surface area contributed by atoms with E-state index in [9.17, 15) is 4.79 Å². The molecule has 5 nitrogen and oxygen atoms in total. The largest absolute Gasteiger partial charge is 0.421 e. The smallest absolute Gasteiger partial charge is 0.247 e. The number of carbonyl (C=O) groups excluding carboxylic acids is 1. The molecule has 150 valence electrons. The summed E-state index contributed by atoms with van der Waals surface area (Å²) in [6.07, 6.45) is 4.19. The van der Waals surface area contributed by atoms with Crippen molar-refractivity contribution in [2.75, 3.05) is 6.54 Å². The first-order valence-corrected chi connectivity index (χ1v) is 10.8. The molecule has 1 aliphatic rings. The molecule has 1 saturated carbocycles. The Hall–Kier alpha value is -2.47. The Morgan fingerprint density at radius 1 is 1.17 bits per heavy atom. The van der Waals surface area contributed by atoms with Gasteiger partial charge in [0.05, 0.1) is 0 Å². The van der Waals surface area contributed by atoms with Crippen LogP contribution in [0.2, 0.25) is 0 Å². The zero-order valence-corrected chi connectivity index (χ0v) is 18.0. The number of rotatable bonds is 7. The summed E-state index contributed by atoms with van der Waals surface area (Å²) in [6, 6.07) is 16.3. The highest BCUT2D eigenvalue weighted by Crippen LogP contribution is 2.43. The number of hydrogen-bond donors (Lipinski definition) is 1. The van der Waals surface area contributed by atoms with Gasteiger partial charge in [0.1, 0.15) is 0 Å². The number of aryl methyl sites for hydroxylation is 2. The molecular weight excluding hydrogens is 430 g/mol. The Kier molecular flexibility index (Phi) is 5.81. The third-order valence-corrected chi connectivity index (χ3v) is 6.20. The first-order valence-electron chi connectivity index (χ1n) is 9.96. The molecule has 1 amide bonds. The van der Waals surface area contributed by atoms with E-state index in [0.717, 1.165) is 22.9 Å². The van der Waals surface area contributed by atoms with Gasteiger partial charge in [-0.3, -0.25) is 4.79 Å². The number of aromatic nitrogens is 2. The molecule has 0 unspecified atom stereocenters. The fourth-order valence-corrected chi connectivity index (χ4v) is 4.13. The molecule has 0 radical (unpaired) electrons. The first kappa shape index (κ1) is 19.8. The Labute approximate surface area is 179 Å². The summed E-state index contributed by atoms with van der Waals surface area (Å²) in [5.74, 6) is 0.992. The molecule has 6 heteroatoms. The quantitative estimate of drug-likeness (QED) is 0.547. The topological polar surface area (TPSA) is 68.0 Å². The molecule has 29 heavy (non-hydrogen) atoms. The van der Waals surface area contributed by atoms with Crippen molar-refractivity contribution in [3.05, 3.63) is 70.0 Å². The molecule has 1 heterocycles. The van der Waals surface area contributed by atoms with Crippen LogP contribution in [0.5, 0.6) is 0 Å². The molecule has 4 rings (SSSR count). The number of hydrogen-bond acceptors (Lipinski definition) is 4. The van der Waals surface area contributed by atoms with Gasteiger partial charge in [-0.25, -0.2) is 0 Å². The van der Waals surface area contributed by atoms with Crippen LogP contribution in [-0.4, -0.2) is 22.6 Å². The molecule has 1 N–H and O–H groups in total. The predicted molar refractivity (Wildman–Crippen MR) is 115 cm³/mol. The molecule has 1 fully saturated rings. The minimum absolute atomic E-state index is 0.0151. The Bertz CT molecular complexity index is 993. The van der Waals surface area contributed by atoms with Gasteiger partial charge in [-0.15, -0.1) is 10.2 Å². The van der Waals surface area contributed by atoms with Gasteiger partial charge in [0, 0.05) is 34.8 Å². The number of halogens is 1. The number of benzene rings is 2. The van der Waals surface area contributed by atoms with Crippen LogP contribution in [0.25, 0.3) is 11.5 Å². The minimum atomic E-state index is 0.0151. The second-order valence-corrected chi connectivity index (χ2v) is 8.70. The van der Waals surface area contributed by atoms with Gasteiger partial charge in [0.25, 0.3) is 0 Å². The van der Waals surface area contributed by atoms with Gasteiger partial charge in [-0.1, -0.05) is 52.2 Å². The highest BCUT2D eigenvalue weighted by Gasteiger charge is 2.38. The summed E-state index contributed by atoms with van der Waals surface area (Å²) >= 11 is 3.55. The Balaban J connectivity index is 1.31. The van der Waals surface area contributed by atoms with Crippen molar-refractivity contribution < 1.29 is 9.21 Å². The zero-order chi connectivity index (χ0) is 20.3. The van der Waals surface area contributed by atoms with Crippen molar-refractivity contribution in [2.45, 2.75) is 44.4 Å². The molecule has 1 aromatic heterocycles. The third kappa shape index (κ3) is 4.58. The molecule has 3 aromatic rings. The second-order valence-electron chi connectivity index (χ2n) is 7.79. The monoisotopic (exact) mass is 453 g/mol. The van der Waals surface area contributed by atoms with Crippen molar-refractivity contribution in [1.29, 1.82) is 0 Å². The maximum atomic E-state index is 12.4. The van der Waals surface area contributed by atoms with Gasteiger partial charge >= 0.3 is 0 Å². The molecule has 0 saturated heterocycles. The van der Waals surface area contributed by atoms with E-state index < -0.39 is 0 Å². The standard InChI is InChI=1S/C23H24BrN3O2/c1-16-6-8-17(9-7-16)22-27-26-21(29-22)11-10-20(28)25-15-23(12-3-13-23)18-4-2-5-19(24)14-18/h2,4-9,14H,3,10-13,15H2,1H3,(H,25,28). The fraction of sp³-hybridized carbons (Fsp3) is 0.348. The minimum Gasteiger partial charge on any atom is -0.421 e. The lowest BCUT2D eigenvalue weighted by Gasteiger charge is -2.42. The normalized spacial score (nSPS) is 15.0. The lowest BCUT2D eigenvalue weighted by Crippen LogP contribution is -2.45. The van der Waals surface area contributed by atoms with Crippen molar-refractivity contribution in [1.82, 2.24) is 15.5 Å². The van der Waals surface area contributed by atoms with Crippen LogP contribution in [0.3, 0.4) is 0 Å². The van der Waals surface area contributed by atoms with Crippen LogP contribution in [0.15, 0.2) is 57.4 Å². The first-order chi connectivity index (χ1) is 14.0. The SMILES string of the molecule is Cc1ccc(-c2nnc(CCC(=O)NCC3(c4cccc(Br)c4)CCC3)o2)cc1. The second kappa shape index (κ2) is 8.49. The van der Waals surface area contributed by atoms with E-state index in [1.807, 2.05) is 37.3 Å². The summed E-state index contributed by atoms with van der Waals surface area (Å²) in [4.78, 5) is 12.4. The van der Waals surface area contributed by atoms with Crippen LogP contribution in [0, 0.1) is 6.92 Å². The summed E-state index contributed by atoms with van der Waals surface area (Å²) in [5.41, 5.74) is 3.41. The predicted octanol–water partition coefficient (Wildman–Crippen LogP) is 4.98. The number of amides is 1. The summed E-state index contributed by atoms with van der Waals surface area (Å²) in [7, 11) is 0. The van der Waals surface area contributed by atoms with Crippen LogP contribution in [0.1, 0.15) is 42.7 Å². The molecule has 0 atom stereocenters. The molecule has 2 aromatic carbocycles. The van der Waals surface area contributed by atoms with Crippen LogP contribution < -0.4 is 5.32 Å².